The number of amides is 2. The van der Waals surface area contributed by atoms with Crippen LogP contribution in [0.4, 0.5) is 5.69 Å². The van der Waals surface area contributed by atoms with E-state index < -0.39 is 0 Å². The highest BCUT2D eigenvalue weighted by Crippen LogP contribution is 2.32. The van der Waals surface area contributed by atoms with Crippen LogP contribution in [0.25, 0.3) is 0 Å². The van der Waals surface area contributed by atoms with Crippen LogP contribution in [0.3, 0.4) is 0 Å². The quantitative estimate of drug-likeness (QED) is 0.658. The monoisotopic (exact) mass is 382 g/mol. The summed E-state index contributed by atoms with van der Waals surface area (Å²) in [5, 5.41) is 5.86. The van der Waals surface area contributed by atoms with Crippen molar-refractivity contribution in [1.82, 2.24) is 5.32 Å². The molecule has 0 aromatic heterocycles. The van der Waals surface area contributed by atoms with Gasteiger partial charge in [0.15, 0.2) is 0 Å². The van der Waals surface area contributed by atoms with Gasteiger partial charge < -0.3 is 15.4 Å². The summed E-state index contributed by atoms with van der Waals surface area (Å²) in [5.74, 6) is 0.233. The van der Waals surface area contributed by atoms with Crippen molar-refractivity contribution in [2.75, 3.05) is 25.6 Å². The summed E-state index contributed by atoms with van der Waals surface area (Å²) in [5.41, 5.74) is 4.15. The molecule has 0 bridgehead atoms. The van der Waals surface area contributed by atoms with Gasteiger partial charge in [-0.25, -0.2) is 0 Å². The molecule has 2 amide bonds. The second-order valence-corrected chi connectivity index (χ2v) is 7.40. The summed E-state index contributed by atoms with van der Waals surface area (Å²) in [6, 6.07) is 12.8. The lowest BCUT2D eigenvalue weighted by Gasteiger charge is -2.20. The average molecular weight is 383 g/mol. The van der Waals surface area contributed by atoms with Gasteiger partial charge >= 0.3 is 0 Å². The Bertz CT molecular complexity index is 785. The summed E-state index contributed by atoms with van der Waals surface area (Å²) < 4.78 is 4.92. The third-order valence-electron chi connectivity index (χ3n) is 4.61. The summed E-state index contributed by atoms with van der Waals surface area (Å²) in [6.07, 6.45) is 0. The van der Waals surface area contributed by atoms with Crippen LogP contribution in [0.1, 0.15) is 71.4 Å². The van der Waals surface area contributed by atoms with Gasteiger partial charge in [0.25, 0.3) is 11.8 Å². The van der Waals surface area contributed by atoms with Crippen LogP contribution in [0.15, 0.2) is 42.5 Å². The molecule has 28 heavy (non-hydrogen) atoms. The van der Waals surface area contributed by atoms with Crippen LogP contribution in [0.5, 0.6) is 0 Å². The van der Waals surface area contributed by atoms with Crippen molar-refractivity contribution >= 4 is 17.5 Å². The molecule has 0 saturated heterocycles. The van der Waals surface area contributed by atoms with E-state index in [9.17, 15) is 9.59 Å². The van der Waals surface area contributed by atoms with Crippen molar-refractivity contribution < 1.29 is 14.3 Å². The normalized spacial score (nSPS) is 11.0. The number of benzene rings is 2. The van der Waals surface area contributed by atoms with Crippen LogP contribution < -0.4 is 10.6 Å². The van der Waals surface area contributed by atoms with E-state index in [0.717, 1.165) is 16.8 Å². The maximum absolute atomic E-state index is 12.8. The molecule has 0 radical (unpaired) electrons. The Hall–Kier alpha value is -2.66. The first-order valence-electron chi connectivity index (χ1n) is 9.66. The van der Waals surface area contributed by atoms with E-state index in [1.807, 2.05) is 6.07 Å². The number of hydrogen-bond acceptors (Lipinski definition) is 3. The molecular weight excluding hydrogens is 352 g/mol. The predicted octanol–water partition coefficient (Wildman–Crippen LogP) is 4.56. The van der Waals surface area contributed by atoms with Gasteiger partial charge in [-0.3, -0.25) is 9.59 Å². The number of para-hydroxylation sites is 1. The molecule has 2 N–H and O–H groups in total. The van der Waals surface area contributed by atoms with Gasteiger partial charge in [-0.05, 0) is 47.2 Å². The minimum Gasteiger partial charge on any atom is -0.383 e. The van der Waals surface area contributed by atoms with Gasteiger partial charge in [0.05, 0.1) is 6.61 Å². The highest BCUT2D eigenvalue weighted by Gasteiger charge is 2.17. The third kappa shape index (κ3) is 5.42. The Morgan fingerprint density at radius 2 is 1.36 bits per heavy atom. The van der Waals surface area contributed by atoms with Gasteiger partial charge in [-0.15, -0.1) is 0 Å². The van der Waals surface area contributed by atoms with Gasteiger partial charge in [-0.1, -0.05) is 45.9 Å². The van der Waals surface area contributed by atoms with Crippen molar-refractivity contribution in [3.8, 4) is 0 Å². The number of carbonyl (C=O) groups excluding carboxylic acids is 2. The number of anilines is 1. The summed E-state index contributed by atoms with van der Waals surface area (Å²) in [4.78, 5) is 24.9. The van der Waals surface area contributed by atoms with E-state index in [4.69, 9.17) is 4.74 Å². The molecule has 0 saturated carbocycles. The van der Waals surface area contributed by atoms with Crippen LogP contribution in [0, 0.1) is 0 Å². The number of nitrogens with one attached hydrogen (secondary N) is 2. The molecule has 0 fully saturated rings. The zero-order valence-electron chi connectivity index (χ0n) is 17.3. The lowest BCUT2D eigenvalue weighted by molar-refractivity contribution is 0.0935. The SMILES string of the molecule is COCCNC(=O)c1ccc(C(=O)Nc2c(C(C)C)cccc2C(C)C)cc1. The third-order valence-corrected chi connectivity index (χ3v) is 4.61. The Balaban J connectivity index is 2.19. The summed E-state index contributed by atoms with van der Waals surface area (Å²) in [6.45, 7) is 9.37. The Labute approximate surface area is 167 Å². The van der Waals surface area contributed by atoms with Gasteiger partial charge in [0.1, 0.15) is 0 Å². The highest BCUT2D eigenvalue weighted by molar-refractivity contribution is 6.06. The fourth-order valence-electron chi connectivity index (χ4n) is 3.02. The molecule has 0 aliphatic rings. The summed E-state index contributed by atoms with van der Waals surface area (Å²) in [7, 11) is 1.59. The fraction of sp³-hybridized carbons (Fsp3) is 0.391. The molecule has 0 heterocycles. The first-order chi connectivity index (χ1) is 13.3. The van der Waals surface area contributed by atoms with E-state index in [-0.39, 0.29) is 11.8 Å². The van der Waals surface area contributed by atoms with E-state index in [0.29, 0.717) is 36.1 Å². The Kier molecular flexibility index (Phi) is 7.76. The number of methoxy groups -OCH3 is 1. The molecule has 0 aliphatic carbocycles. The Morgan fingerprint density at radius 3 is 1.82 bits per heavy atom. The van der Waals surface area contributed by atoms with Crippen molar-refractivity contribution in [2.24, 2.45) is 0 Å². The van der Waals surface area contributed by atoms with Crippen molar-refractivity contribution in [2.45, 2.75) is 39.5 Å². The van der Waals surface area contributed by atoms with Crippen molar-refractivity contribution in [1.29, 1.82) is 0 Å². The molecule has 0 atom stereocenters. The lowest BCUT2D eigenvalue weighted by Crippen LogP contribution is -2.27. The maximum atomic E-state index is 12.8. The first-order valence-corrected chi connectivity index (χ1v) is 9.66. The van der Waals surface area contributed by atoms with E-state index in [1.165, 1.54) is 0 Å². The number of hydrogen-bond donors (Lipinski definition) is 2. The van der Waals surface area contributed by atoms with E-state index >= 15 is 0 Å². The largest absolute Gasteiger partial charge is 0.383 e. The molecule has 0 unspecified atom stereocenters. The molecule has 5 nitrogen and oxygen atoms in total. The zero-order valence-corrected chi connectivity index (χ0v) is 17.3. The second kappa shape index (κ2) is 10.0. The fourth-order valence-corrected chi connectivity index (χ4v) is 3.02. The minimum atomic E-state index is -0.184. The van der Waals surface area contributed by atoms with Gasteiger partial charge in [0.2, 0.25) is 0 Å². The van der Waals surface area contributed by atoms with Crippen LogP contribution in [0.2, 0.25) is 0 Å². The molecule has 2 aromatic carbocycles. The molecule has 2 rings (SSSR count). The second-order valence-electron chi connectivity index (χ2n) is 7.40. The maximum Gasteiger partial charge on any atom is 0.255 e. The molecule has 5 heteroatoms. The van der Waals surface area contributed by atoms with Gasteiger partial charge in [-0.2, -0.15) is 0 Å². The molecule has 0 aliphatic heterocycles. The first kappa shape index (κ1) is 21.6. The smallest absolute Gasteiger partial charge is 0.255 e. The van der Waals surface area contributed by atoms with Crippen molar-refractivity contribution in [3.05, 3.63) is 64.7 Å². The van der Waals surface area contributed by atoms with Crippen LogP contribution >= 0.6 is 0 Å². The van der Waals surface area contributed by atoms with E-state index in [2.05, 4.69) is 50.5 Å². The van der Waals surface area contributed by atoms with Crippen LogP contribution in [-0.2, 0) is 4.74 Å². The topological polar surface area (TPSA) is 67.4 Å². The summed E-state index contributed by atoms with van der Waals surface area (Å²) >= 11 is 0. The lowest BCUT2D eigenvalue weighted by atomic mass is 9.92. The predicted molar refractivity (Wildman–Crippen MR) is 113 cm³/mol. The molecule has 150 valence electrons. The highest BCUT2D eigenvalue weighted by atomic mass is 16.5. The standard InChI is InChI=1S/C23H30N2O3/c1-15(2)19-7-6-8-20(16(3)4)21(19)25-23(27)18-11-9-17(10-12-18)22(26)24-13-14-28-5/h6-12,15-16H,13-14H2,1-5H3,(H,24,26)(H,25,27). The molecule has 0 spiro atoms. The van der Waals surface area contributed by atoms with Gasteiger partial charge in [0, 0.05) is 30.5 Å². The zero-order chi connectivity index (χ0) is 20.7. The number of ether oxygens (including phenoxy) is 1. The molecular formula is C23H30N2O3. The average Bonchev–Trinajstić information content (AvgIpc) is 2.68. The number of rotatable bonds is 8. The Morgan fingerprint density at radius 1 is 0.857 bits per heavy atom. The van der Waals surface area contributed by atoms with E-state index in [1.54, 1.807) is 31.4 Å². The molecule has 2 aromatic rings. The van der Waals surface area contributed by atoms with Crippen LogP contribution in [-0.4, -0.2) is 32.1 Å². The minimum absolute atomic E-state index is 0.179. The van der Waals surface area contributed by atoms with Crippen molar-refractivity contribution in [3.63, 3.8) is 0 Å². The number of carbonyl (C=O) groups is 2.